The summed E-state index contributed by atoms with van der Waals surface area (Å²) in [7, 11) is 0. The quantitative estimate of drug-likeness (QED) is 0.448. The Morgan fingerprint density at radius 2 is 1.10 bits per heavy atom. The monoisotopic (exact) mass is 280 g/mol. The lowest BCUT2D eigenvalue weighted by atomic mass is 9.96. The maximum absolute atomic E-state index is 11.5. The van der Waals surface area contributed by atoms with Gasteiger partial charge in [-0.3, -0.25) is 0 Å². The first-order valence-corrected chi connectivity index (χ1v) is 7.33. The summed E-state index contributed by atoms with van der Waals surface area (Å²) in [6, 6.07) is 0. The Bertz CT molecular complexity index is 325. The minimum Gasteiger partial charge on any atom is -0.419 e. The number of hydrogen-bond acceptors (Lipinski definition) is 4. The second kappa shape index (κ2) is 8.56. The van der Waals surface area contributed by atoms with Crippen molar-refractivity contribution in [2.24, 2.45) is 0 Å². The molecule has 0 atom stereocenters. The van der Waals surface area contributed by atoms with E-state index in [4.69, 9.17) is 9.47 Å². The maximum atomic E-state index is 11.5. The standard InChI is InChI=1S/C16H24O4/c1-3-14(17)19-16(20-15(18)4-2)12-10-8-6-5-7-9-11-13-16/h3-4H,1-2,5-13H2. The number of ether oxygens (including phenoxy) is 2. The maximum Gasteiger partial charge on any atom is 0.333 e. The van der Waals surface area contributed by atoms with Gasteiger partial charge in [0.05, 0.1) is 0 Å². The molecule has 1 saturated carbocycles. The largest absolute Gasteiger partial charge is 0.419 e. The third-order valence-electron chi connectivity index (χ3n) is 3.52. The number of hydrogen-bond donors (Lipinski definition) is 0. The molecule has 0 spiro atoms. The van der Waals surface area contributed by atoms with E-state index in [-0.39, 0.29) is 0 Å². The SMILES string of the molecule is C=CC(=O)OC1(OC(=O)C=C)CCCCCCCCC1. The van der Waals surface area contributed by atoms with E-state index in [1.807, 2.05) is 0 Å². The summed E-state index contributed by atoms with van der Waals surface area (Å²) in [5, 5.41) is 0. The number of carbonyl (C=O) groups is 2. The molecule has 0 heterocycles. The zero-order valence-corrected chi connectivity index (χ0v) is 12.1. The van der Waals surface area contributed by atoms with Gasteiger partial charge in [-0.25, -0.2) is 9.59 Å². The van der Waals surface area contributed by atoms with Crippen LogP contribution in [0.1, 0.15) is 57.8 Å². The van der Waals surface area contributed by atoms with Crippen LogP contribution in [0.3, 0.4) is 0 Å². The molecule has 0 aromatic heterocycles. The molecular formula is C16H24O4. The van der Waals surface area contributed by atoms with E-state index in [0.717, 1.165) is 37.8 Å². The molecule has 0 unspecified atom stereocenters. The fourth-order valence-electron chi connectivity index (χ4n) is 2.47. The fourth-order valence-corrected chi connectivity index (χ4v) is 2.47. The number of esters is 2. The van der Waals surface area contributed by atoms with Crippen LogP contribution in [0, 0.1) is 0 Å². The average molecular weight is 280 g/mol. The zero-order chi connectivity index (χ0) is 14.8. The average Bonchev–Trinajstić information content (AvgIpc) is 2.45. The van der Waals surface area contributed by atoms with E-state index in [2.05, 4.69) is 13.2 Å². The third kappa shape index (κ3) is 5.59. The van der Waals surface area contributed by atoms with Crippen LogP contribution in [0.25, 0.3) is 0 Å². The van der Waals surface area contributed by atoms with E-state index in [1.165, 1.54) is 19.3 Å². The van der Waals surface area contributed by atoms with Crippen molar-refractivity contribution < 1.29 is 19.1 Å². The van der Waals surface area contributed by atoms with Crippen LogP contribution in [0.4, 0.5) is 0 Å². The van der Waals surface area contributed by atoms with Gasteiger partial charge in [0.15, 0.2) is 0 Å². The van der Waals surface area contributed by atoms with Gasteiger partial charge in [0.1, 0.15) is 0 Å². The van der Waals surface area contributed by atoms with Crippen molar-refractivity contribution in [1.29, 1.82) is 0 Å². The highest BCUT2D eigenvalue weighted by atomic mass is 16.7. The lowest BCUT2D eigenvalue weighted by Crippen LogP contribution is -2.39. The predicted molar refractivity (Wildman–Crippen MR) is 76.9 cm³/mol. The van der Waals surface area contributed by atoms with Crippen molar-refractivity contribution in [3.63, 3.8) is 0 Å². The second-order valence-electron chi connectivity index (χ2n) is 5.14. The van der Waals surface area contributed by atoms with Crippen LogP contribution in [0.5, 0.6) is 0 Å². The van der Waals surface area contributed by atoms with Crippen LogP contribution in [0.2, 0.25) is 0 Å². The summed E-state index contributed by atoms with van der Waals surface area (Å²) < 4.78 is 10.8. The minimum atomic E-state index is -1.16. The normalized spacial score (nSPS) is 19.4. The summed E-state index contributed by atoms with van der Waals surface area (Å²) >= 11 is 0. The van der Waals surface area contributed by atoms with E-state index in [1.54, 1.807) is 0 Å². The third-order valence-corrected chi connectivity index (χ3v) is 3.52. The van der Waals surface area contributed by atoms with Crippen LogP contribution < -0.4 is 0 Å². The van der Waals surface area contributed by atoms with E-state index in [9.17, 15) is 9.59 Å². The second-order valence-corrected chi connectivity index (χ2v) is 5.14. The highest BCUT2D eigenvalue weighted by Crippen LogP contribution is 2.30. The molecule has 1 aliphatic rings. The molecule has 1 rings (SSSR count). The Morgan fingerprint density at radius 3 is 1.45 bits per heavy atom. The molecule has 0 aromatic carbocycles. The molecule has 0 amide bonds. The molecule has 1 fully saturated rings. The Kier molecular flexibility index (Phi) is 7.05. The first kappa shape index (κ1) is 16.5. The summed E-state index contributed by atoms with van der Waals surface area (Å²) in [4.78, 5) is 23.1. The van der Waals surface area contributed by atoms with Gasteiger partial charge < -0.3 is 9.47 Å². The Morgan fingerprint density at radius 1 is 0.750 bits per heavy atom. The van der Waals surface area contributed by atoms with Gasteiger partial charge in [-0.1, -0.05) is 45.3 Å². The lowest BCUT2D eigenvalue weighted by molar-refractivity contribution is -0.228. The molecular weight excluding hydrogens is 256 g/mol. The van der Waals surface area contributed by atoms with Gasteiger partial charge in [0.2, 0.25) is 0 Å². The fraction of sp³-hybridized carbons (Fsp3) is 0.625. The van der Waals surface area contributed by atoms with E-state index < -0.39 is 17.7 Å². The topological polar surface area (TPSA) is 52.6 Å². The number of carbonyl (C=O) groups excluding carboxylic acids is 2. The summed E-state index contributed by atoms with van der Waals surface area (Å²) in [5.41, 5.74) is 0. The van der Waals surface area contributed by atoms with Crippen LogP contribution in [-0.4, -0.2) is 17.7 Å². The van der Waals surface area contributed by atoms with E-state index in [0.29, 0.717) is 12.8 Å². The lowest BCUT2D eigenvalue weighted by Gasteiger charge is -2.32. The summed E-state index contributed by atoms with van der Waals surface area (Å²) in [5.74, 6) is -2.27. The van der Waals surface area contributed by atoms with Crippen molar-refractivity contribution in [3.05, 3.63) is 25.3 Å². The van der Waals surface area contributed by atoms with Crippen LogP contribution >= 0.6 is 0 Å². The van der Waals surface area contributed by atoms with Crippen molar-refractivity contribution in [3.8, 4) is 0 Å². The Hall–Kier alpha value is -1.58. The molecule has 20 heavy (non-hydrogen) atoms. The molecule has 4 nitrogen and oxygen atoms in total. The molecule has 0 bridgehead atoms. The van der Waals surface area contributed by atoms with Crippen molar-refractivity contribution >= 4 is 11.9 Å². The van der Waals surface area contributed by atoms with Gasteiger partial charge in [-0.15, -0.1) is 0 Å². The Labute approximate surface area is 120 Å². The number of rotatable bonds is 4. The van der Waals surface area contributed by atoms with Gasteiger partial charge in [0.25, 0.3) is 5.79 Å². The van der Waals surface area contributed by atoms with Crippen LogP contribution in [0.15, 0.2) is 25.3 Å². The highest BCUT2D eigenvalue weighted by Gasteiger charge is 2.36. The first-order chi connectivity index (χ1) is 9.62. The molecule has 0 saturated heterocycles. The van der Waals surface area contributed by atoms with Gasteiger partial charge in [0, 0.05) is 25.0 Å². The smallest absolute Gasteiger partial charge is 0.333 e. The van der Waals surface area contributed by atoms with Crippen molar-refractivity contribution in [2.75, 3.05) is 0 Å². The zero-order valence-electron chi connectivity index (χ0n) is 12.1. The highest BCUT2D eigenvalue weighted by molar-refractivity contribution is 5.83. The first-order valence-electron chi connectivity index (χ1n) is 7.33. The Balaban J connectivity index is 2.83. The molecule has 1 aliphatic carbocycles. The van der Waals surface area contributed by atoms with Crippen LogP contribution in [-0.2, 0) is 19.1 Å². The molecule has 0 aromatic rings. The molecule has 112 valence electrons. The van der Waals surface area contributed by atoms with Gasteiger partial charge in [-0.05, 0) is 12.8 Å². The van der Waals surface area contributed by atoms with Gasteiger partial charge >= 0.3 is 11.9 Å². The molecule has 4 heteroatoms. The van der Waals surface area contributed by atoms with Gasteiger partial charge in [-0.2, -0.15) is 0 Å². The van der Waals surface area contributed by atoms with Crippen molar-refractivity contribution in [2.45, 2.75) is 63.6 Å². The summed E-state index contributed by atoms with van der Waals surface area (Å²) in [6.45, 7) is 6.79. The molecule has 0 N–H and O–H groups in total. The molecule has 0 aliphatic heterocycles. The van der Waals surface area contributed by atoms with E-state index >= 15 is 0 Å². The minimum absolute atomic E-state index is 0.534. The summed E-state index contributed by atoms with van der Waals surface area (Å²) in [6.07, 6.45) is 10.7. The van der Waals surface area contributed by atoms with Crippen molar-refractivity contribution in [1.82, 2.24) is 0 Å². The predicted octanol–water partition coefficient (Wildman–Crippen LogP) is 3.67. The molecule has 0 radical (unpaired) electrons.